The first-order chi connectivity index (χ1) is 8.11. The largest absolute Gasteiger partial charge is 0.477 e. The van der Waals surface area contributed by atoms with Gasteiger partial charge in [0.05, 0.1) is 19.4 Å². The molecule has 0 atom stereocenters. The Morgan fingerprint density at radius 2 is 2.06 bits per heavy atom. The highest BCUT2D eigenvalue weighted by molar-refractivity contribution is 5.89. The maximum atomic E-state index is 13.8. The van der Waals surface area contributed by atoms with Gasteiger partial charge in [0.15, 0.2) is 17.5 Å². The molecule has 1 aromatic heterocycles. The second-order valence-electron chi connectivity index (χ2n) is 3.52. The molecule has 1 aliphatic rings. The zero-order valence-corrected chi connectivity index (χ0v) is 8.82. The Morgan fingerprint density at radius 3 is 2.65 bits per heavy atom. The minimum absolute atomic E-state index is 0.146. The molecule has 0 saturated carbocycles. The molecule has 0 unspecified atom stereocenters. The minimum Gasteiger partial charge on any atom is -0.477 e. The molecule has 92 valence electrons. The van der Waals surface area contributed by atoms with E-state index in [1.165, 1.54) is 4.90 Å². The zero-order chi connectivity index (χ0) is 12.4. The molecule has 0 radical (unpaired) electrons. The van der Waals surface area contributed by atoms with Gasteiger partial charge < -0.3 is 14.7 Å². The van der Waals surface area contributed by atoms with Crippen molar-refractivity contribution in [2.45, 2.75) is 0 Å². The van der Waals surface area contributed by atoms with Gasteiger partial charge in [0.1, 0.15) is 5.56 Å². The molecule has 1 saturated heterocycles. The van der Waals surface area contributed by atoms with Crippen molar-refractivity contribution in [2.75, 3.05) is 31.2 Å². The minimum atomic E-state index is -1.64. The van der Waals surface area contributed by atoms with E-state index in [0.29, 0.717) is 26.3 Å². The second-order valence-corrected chi connectivity index (χ2v) is 3.52. The number of carboxylic acid groups (broad SMARTS) is 1. The number of carboxylic acids is 1. The number of ether oxygens (including phenoxy) is 1. The molecule has 0 aliphatic carbocycles. The van der Waals surface area contributed by atoms with Crippen molar-refractivity contribution >= 4 is 11.8 Å². The van der Waals surface area contributed by atoms with Crippen LogP contribution in [0, 0.1) is 11.6 Å². The van der Waals surface area contributed by atoms with E-state index in [0.717, 1.165) is 6.20 Å². The molecule has 2 rings (SSSR count). The Hall–Kier alpha value is -1.76. The number of anilines is 1. The van der Waals surface area contributed by atoms with Crippen LogP contribution in [0.3, 0.4) is 0 Å². The van der Waals surface area contributed by atoms with Gasteiger partial charge >= 0.3 is 5.97 Å². The fourth-order valence-electron chi connectivity index (χ4n) is 1.65. The van der Waals surface area contributed by atoms with E-state index >= 15 is 0 Å². The molecule has 0 aromatic carbocycles. The maximum absolute atomic E-state index is 13.8. The number of morpholine rings is 1. The number of aromatic nitrogens is 1. The molecule has 1 aromatic rings. The van der Waals surface area contributed by atoms with Crippen LogP contribution < -0.4 is 4.90 Å². The van der Waals surface area contributed by atoms with Crippen LogP contribution in [-0.4, -0.2) is 42.4 Å². The summed E-state index contributed by atoms with van der Waals surface area (Å²) in [5.74, 6) is -4.10. The summed E-state index contributed by atoms with van der Waals surface area (Å²) in [6, 6.07) is 0. The third kappa shape index (κ3) is 2.19. The van der Waals surface area contributed by atoms with Gasteiger partial charge in [-0.15, -0.1) is 0 Å². The fraction of sp³-hybridized carbons (Fsp3) is 0.400. The number of hydrogen-bond acceptors (Lipinski definition) is 4. The molecule has 0 bridgehead atoms. The molecular formula is C10H10F2N2O3. The van der Waals surface area contributed by atoms with Gasteiger partial charge in [-0.05, 0) is 0 Å². The van der Waals surface area contributed by atoms with Gasteiger partial charge in [-0.1, -0.05) is 0 Å². The molecule has 0 spiro atoms. The van der Waals surface area contributed by atoms with Crippen molar-refractivity contribution in [1.29, 1.82) is 0 Å². The topological polar surface area (TPSA) is 62.7 Å². The van der Waals surface area contributed by atoms with Crippen LogP contribution in [0.1, 0.15) is 10.4 Å². The highest BCUT2D eigenvalue weighted by atomic mass is 19.1. The van der Waals surface area contributed by atoms with Crippen LogP contribution >= 0.6 is 0 Å². The van der Waals surface area contributed by atoms with E-state index in [4.69, 9.17) is 9.84 Å². The summed E-state index contributed by atoms with van der Waals surface area (Å²) in [6.45, 7) is 1.60. The maximum Gasteiger partial charge on any atom is 0.341 e. The molecule has 7 heteroatoms. The third-order valence-corrected chi connectivity index (χ3v) is 2.48. The van der Waals surface area contributed by atoms with Crippen molar-refractivity contribution in [3.05, 3.63) is 23.4 Å². The Morgan fingerprint density at radius 1 is 1.41 bits per heavy atom. The average molecular weight is 244 g/mol. The summed E-state index contributed by atoms with van der Waals surface area (Å²) >= 11 is 0. The predicted molar refractivity (Wildman–Crippen MR) is 54.1 cm³/mol. The Bertz CT molecular complexity index is 447. The van der Waals surface area contributed by atoms with E-state index in [1.54, 1.807) is 0 Å². The average Bonchev–Trinajstić information content (AvgIpc) is 2.30. The summed E-state index contributed by atoms with van der Waals surface area (Å²) in [5.41, 5.74) is -0.971. The highest BCUT2D eigenvalue weighted by Gasteiger charge is 2.25. The van der Waals surface area contributed by atoms with Crippen LogP contribution in [0.25, 0.3) is 0 Å². The summed E-state index contributed by atoms with van der Waals surface area (Å²) in [6.07, 6.45) is 0.720. The van der Waals surface area contributed by atoms with E-state index < -0.39 is 23.2 Å². The number of pyridine rings is 1. The second kappa shape index (κ2) is 4.62. The molecule has 1 aliphatic heterocycles. The molecule has 1 N–H and O–H groups in total. The van der Waals surface area contributed by atoms with Crippen molar-refractivity contribution in [2.24, 2.45) is 0 Å². The Balaban J connectivity index is 2.41. The summed E-state index contributed by atoms with van der Waals surface area (Å²) in [5, 5.41) is 8.72. The summed E-state index contributed by atoms with van der Waals surface area (Å²) < 4.78 is 32.0. The first-order valence-electron chi connectivity index (χ1n) is 5.01. The van der Waals surface area contributed by atoms with Crippen molar-refractivity contribution in [3.63, 3.8) is 0 Å². The van der Waals surface area contributed by atoms with Crippen LogP contribution in [0.5, 0.6) is 0 Å². The number of nitrogens with zero attached hydrogens (tertiary/aromatic N) is 2. The van der Waals surface area contributed by atoms with Gasteiger partial charge in [0.2, 0.25) is 0 Å². The number of halogens is 2. The normalized spacial score (nSPS) is 16.0. The molecule has 1 fully saturated rings. The standard InChI is InChI=1S/C10H10F2N2O3/c11-6-5-13-9(8(12)7(6)10(15)16)14-1-3-17-4-2-14/h5H,1-4H2,(H,15,16). The van der Waals surface area contributed by atoms with E-state index in [-0.39, 0.29) is 5.82 Å². The van der Waals surface area contributed by atoms with Gasteiger partial charge in [0.25, 0.3) is 0 Å². The van der Waals surface area contributed by atoms with Gasteiger partial charge in [-0.25, -0.2) is 18.6 Å². The number of carbonyl (C=O) groups is 1. The lowest BCUT2D eigenvalue weighted by molar-refractivity contribution is 0.0686. The first kappa shape index (κ1) is 11.7. The van der Waals surface area contributed by atoms with Crippen LogP contribution in [0.4, 0.5) is 14.6 Å². The van der Waals surface area contributed by atoms with Gasteiger partial charge in [-0.3, -0.25) is 0 Å². The van der Waals surface area contributed by atoms with Crippen molar-refractivity contribution < 1.29 is 23.4 Å². The highest BCUT2D eigenvalue weighted by Crippen LogP contribution is 2.22. The lowest BCUT2D eigenvalue weighted by Gasteiger charge is -2.28. The van der Waals surface area contributed by atoms with E-state index in [9.17, 15) is 13.6 Å². The Labute approximate surface area is 95.6 Å². The number of rotatable bonds is 2. The summed E-state index contributed by atoms with van der Waals surface area (Å²) in [4.78, 5) is 15.9. The lowest BCUT2D eigenvalue weighted by Crippen LogP contribution is -2.37. The molecular weight excluding hydrogens is 234 g/mol. The molecule has 0 amide bonds. The van der Waals surface area contributed by atoms with Crippen molar-refractivity contribution in [3.8, 4) is 0 Å². The first-order valence-corrected chi connectivity index (χ1v) is 5.01. The smallest absolute Gasteiger partial charge is 0.341 e. The van der Waals surface area contributed by atoms with E-state index in [1.807, 2.05) is 0 Å². The van der Waals surface area contributed by atoms with Gasteiger partial charge in [0, 0.05) is 13.1 Å². The van der Waals surface area contributed by atoms with Crippen LogP contribution in [-0.2, 0) is 4.74 Å². The lowest BCUT2D eigenvalue weighted by atomic mass is 10.2. The fourth-order valence-corrected chi connectivity index (χ4v) is 1.65. The summed E-state index contributed by atoms with van der Waals surface area (Å²) in [7, 11) is 0. The SMILES string of the molecule is O=C(O)c1c(F)cnc(N2CCOCC2)c1F. The van der Waals surface area contributed by atoms with Crippen molar-refractivity contribution in [1.82, 2.24) is 4.98 Å². The number of hydrogen-bond donors (Lipinski definition) is 1. The molecule has 2 heterocycles. The number of aromatic carboxylic acids is 1. The zero-order valence-electron chi connectivity index (χ0n) is 8.82. The van der Waals surface area contributed by atoms with Crippen LogP contribution in [0.2, 0.25) is 0 Å². The third-order valence-electron chi connectivity index (χ3n) is 2.48. The van der Waals surface area contributed by atoms with E-state index in [2.05, 4.69) is 4.98 Å². The molecule has 5 nitrogen and oxygen atoms in total. The predicted octanol–water partition coefficient (Wildman–Crippen LogP) is 0.895. The monoisotopic (exact) mass is 244 g/mol. The molecule has 17 heavy (non-hydrogen) atoms. The quantitative estimate of drug-likeness (QED) is 0.837. The Kier molecular flexibility index (Phi) is 3.19. The van der Waals surface area contributed by atoms with Crippen LogP contribution in [0.15, 0.2) is 6.20 Å². The van der Waals surface area contributed by atoms with Gasteiger partial charge in [-0.2, -0.15) is 0 Å².